The van der Waals surface area contributed by atoms with E-state index in [0.717, 1.165) is 18.8 Å². The van der Waals surface area contributed by atoms with E-state index in [-0.39, 0.29) is 18.3 Å². The van der Waals surface area contributed by atoms with Crippen LogP contribution in [-0.4, -0.2) is 43.5 Å². The number of methoxy groups -OCH3 is 1. The van der Waals surface area contributed by atoms with Crippen molar-refractivity contribution in [3.8, 4) is 0 Å². The molecule has 4 atom stereocenters. The van der Waals surface area contributed by atoms with Crippen LogP contribution in [0.5, 0.6) is 0 Å². The molecule has 2 heterocycles. The summed E-state index contributed by atoms with van der Waals surface area (Å²) in [6.07, 6.45) is 5.15. The van der Waals surface area contributed by atoms with Crippen molar-refractivity contribution >= 4 is 7.12 Å². The molecule has 5 heteroatoms. The van der Waals surface area contributed by atoms with Crippen molar-refractivity contribution in [3.63, 3.8) is 0 Å². The topological polar surface area (TPSA) is 39.7 Å². The molecule has 1 saturated carbocycles. The lowest BCUT2D eigenvalue weighted by Gasteiger charge is -2.32. The van der Waals surface area contributed by atoms with Crippen LogP contribution in [0.15, 0.2) is 0 Å². The second-order valence-electron chi connectivity index (χ2n) is 7.67. The van der Waals surface area contributed by atoms with Crippen LogP contribution in [0.3, 0.4) is 0 Å². The van der Waals surface area contributed by atoms with Crippen LogP contribution in [0.2, 0.25) is 0 Å². The number of rotatable bonds is 2. The number of hydrogen-bond donors (Lipinski definition) is 1. The quantitative estimate of drug-likeness (QED) is 0.787. The minimum Gasteiger partial charge on any atom is -0.402 e. The average molecular weight is 281 g/mol. The SMILES string of the molecule is COC1CCC2CC(B3OC(C)(C)C(C)(C)O3)NC2C1. The van der Waals surface area contributed by atoms with Crippen LogP contribution >= 0.6 is 0 Å². The Kier molecular flexibility index (Phi) is 3.69. The van der Waals surface area contributed by atoms with E-state index >= 15 is 0 Å². The fraction of sp³-hybridized carbons (Fsp3) is 1.00. The van der Waals surface area contributed by atoms with Gasteiger partial charge in [0.25, 0.3) is 0 Å². The Hall–Kier alpha value is -0.0951. The molecule has 0 aromatic heterocycles. The number of nitrogens with one attached hydrogen (secondary N) is 1. The molecule has 4 unspecified atom stereocenters. The lowest BCUT2D eigenvalue weighted by molar-refractivity contribution is 0.00578. The summed E-state index contributed by atoms with van der Waals surface area (Å²) in [5.41, 5.74) is -0.468. The van der Waals surface area contributed by atoms with E-state index in [1.807, 2.05) is 7.11 Å². The summed E-state index contributed by atoms with van der Waals surface area (Å²) in [5, 5.41) is 3.74. The highest BCUT2D eigenvalue weighted by Gasteiger charge is 2.56. The molecule has 20 heavy (non-hydrogen) atoms. The largest absolute Gasteiger partial charge is 0.476 e. The molecule has 114 valence electrons. The van der Waals surface area contributed by atoms with Crippen LogP contribution in [0.4, 0.5) is 0 Å². The summed E-state index contributed by atoms with van der Waals surface area (Å²) >= 11 is 0. The first-order chi connectivity index (χ1) is 9.32. The van der Waals surface area contributed by atoms with Crippen LogP contribution in [0, 0.1) is 5.92 Å². The molecule has 1 aliphatic carbocycles. The van der Waals surface area contributed by atoms with E-state index in [0.29, 0.717) is 18.1 Å². The predicted molar refractivity (Wildman–Crippen MR) is 79.5 cm³/mol. The number of ether oxygens (including phenoxy) is 1. The van der Waals surface area contributed by atoms with Gasteiger partial charge in [0.2, 0.25) is 0 Å². The van der Waals surface area contributed by atoms with Gasteiger partial charge in [-0.25, -0.2) is 0 Å². The normalized spacial score (nSPS) is 42.8. The van der Waals surface area contributed by atoms with Crippen LogP contribution in [-0.2, 0) is 14.0 Å². The van der Waals surface area contributed by atoms with Crippen molar-refractivity contribution < 1.29 is 14.0 Å². The van der Waals surface area contributed by atoms with Gasteiger partial charge in [0.1, 0.15) is 0 Å². The van der Waals surface area contributed by atoms with Gasteiger partial charge in [0.05, 0.1) is 17.3 Å². The van der Waals surface area contributed by atoms with Gasteiger partial charge in [-0.05, 0) is 59.3 Å². The van der Waals surface area contributed by atoms with E-state index in [2.05, 4.69) is 33.0 Å². The zero-order chi connectivity index (χ0) is 14.5. The van der Waals surface area contributed by atoms with Gasteiger partial charge in [-0.15, -0.1) is 0 Å². The Bertz CT molecular complexity index is 358. The fourth-order valence-corrected chi connectivity index (χ4v) is 3.81. The highest BCUT2D eigenvalue weighted by atomic mass is 16.7. The van der Waals surface area contributed by atoms with Crippen LogP contribution in [0.25, 0.3) is 0 Å². The zero-order valence-corrected chi connectivity index (χ0v) is 13.4. The van der Waals surface area contributed by atoms with E-state index in [1.165, 1.54) is 12.8 Å². The van der Waals surface area contributed by atoms with Crippen LogP contribution in [0.1, 0.15) is 53.4 Å². The minimum atomic E-state index is -0.234. The molecule has 0 amide bonds. The Morgan fingerprint density at radius 3 is 2.30 bits per heavy atom. The molecule has 0 radical (unpaired) electrons. The highest BCUT2D eigenvalue weighted by Crippen LogP contribution is 2.41. The Morgan fingerprint density at radius 2 is 1.70 bits per heavy atom. The highest BCUT2D eigenvalue weighted by molar-refractivity contribution is 6.47. The summed E-state index contributed by atoms with van der Waals surface area (Å²) in [7, 11) is 1.71. The van der Waals surface area contributed by atoms with E-state index < -0.39 is 0 Å². The van der Waals surface area contributed by atoms with Crippen molar-refractivity contribution in [3.05, 3.63) is 0 Å². The molecule has 4 nitrogen and oxygen atoms in total. The van der Waals surface area contributed by atoms with E-state index in [4.69, 9.17) is 14.0 Å². The number of fused-ring (bicyclic) bond motifs is 1. The molecule has 0 spiro atoms. The van der Waals surface area contributed by atoms with Crippen molar-refractivity contribution in [2.45, 2.75) is 82.7 Å². The number of hydrogen-bond acceptors (Lipinski definition) is 4. The fourth-order valence-electron chi connectivity index (χ4n) is 3.81. The summed E-state index contributed by atoms with van der Waals surface area (Å²) in [5.74, 6) is 1.08. The predicted octanol–water partition coefficient (Wildman–Crippen LogP) is 2.16. The maximum atomic E-state index is 6.19. The van der Waals surface area contributed by atoms with E-state index in [1.54, 1.807) is 0 Å². The van der Waals surface area contributed by atoms with Gasteiger partial charge in [0.15, 0.2) is 0 Å². The van der Waals surface area contributed by atoms with Gasteiger partial charge in [-0.3, -0.25) is 0 Å². The molecule has 2 aliphatic heterocycles. The summed E-state index contributed by atoms with van der Waals surface area (Å²) < 4.78 is 17.9. The first-order valence-corrected chi connectivity index (χ1v) is 7.97. The molecule has 0 bridgehead atoms. The maximum absolute atomic E-state index is 6.19. The second-order valence-corrected chi connectivity index (χ2v) is 7.67. The first-order valence-electron chi connectivity index (χ1n) is 7.97. The molecule has 2 saturated heterocycles. The van der Waals surface area contributed by atoms with E-state index in [9.17, 15) is 0 Å². The summed E-state index contributed by atoms with van der Waals surface area (Å²) in [6, 6.07) is 0.567. The zero-order valence-electron chi connectivity index (χ0n) is 13.4. The van der Waals surface area contributed by atoms with Gasteiger partial charge in [-0.2, -0.15) is 0 Å². The first kappa shape index (κ1) is 14.8. The molecular weight excluding hydrogens is 253 g/mol. The molecule has 0 aromatic carbocycles. The third kappa shape index (κ3) is 2.43. The monoisotopic (exact) mass is 281 g/mol. The second kappa shape index (κ2) is 4.97. The molecular formula is C15H28BNO3. The smallest absolute Gasteiger partial charge is 0.402 e. The van der Waals surface area contributed by atoms with Gasteiger partial charge in [-0.1, -0.05) is 0 Å². The molecule has 3 fully saturated rings. The Balaban J connectivity index is 1.64. The van der Waals surface area contributed by atoms with Gasteiger partial charge < -0.3 is 19.4 Å². The lowest BCUT2D eigenvalue weighted by atomic mass is 9.74. The molecule has 1 N–H and O–H groups in total. The Morgan fingerprint density at radius 1 is 1.05 bits per heavy atom. The third-order valence-electron chi connectivity index (χ3n) is 5.86. The van der Waals surface area contributed by atoms with Crippen molar-refractivity contribution in [2.24, 2.45) is 5.92 Å². The van der Waals surface area contributed by atoms with Gasteiger partial charge >= 0.3 is 7.12 Å². The van der Waals surface area contributed by atoms with Crippen LogP contribution < -0.4 is 5.32 Å². The molecule has 0 aromatic rings. The van der Waals surface area contributed by atoms with Crippen molar-refractivity contribution in [2.75, 3.05) is 7.11 Å². The van der Waals surface area contributed by atoms with Gasteiger partial charge in [0, 0.05) is 19.1 Å². The van der Waals surface area contributed by atoms with Crippen molar-refractivity contribution in [1.82, 2.24) is 5.32 Å². The molecule has 3 aliphatic rings. The standard InChI is InChI=1S/C15H28BNO3/c1-14(2)15(3,4)20-16(19-14)13-8-10-6-7-11(18-5)9-12(10)17-13/h10-13,17H,6-9H2,1-5H3. The minimum absolute atomic E-state index is 0.119. The summed E-state index contributed by atoms with van der Waals surface area (Å²) in [4.78, 5) is 0. The third-order valence-corrected chi connectivity index (χ3v) is 5.86. The van der Waals surface area contributed by atoms with Crippen molar-refractivity contribution in [1.29, 1.82) is 0 Å². The lowest BCUT2D eigenvalue weighted by Crippen LogP contribution is -2.45. The maximum Gasteiger partial charge on any atom is 0.476 e. The average Bonchev–Trinajstić information content (AvgIpc) is 2.87. The Labute approximate surface area is 123 Å². The summed E-state index contributed by atoms with van der Waals surface area (Å²) in [6.45, 7) is 8.48. The molecule has 3 rings (SSSR count).